The molecule has 3 heterocycles. The maximum atomic E-state index is 12.6. The smallest absolute Gasteiger partial charge is 0.226 e. The fourth-order valence-electron chi connectivity index (χ4n) is 3.84. The molecule has 0 aromatic rings. The van der Waals surface area contributed by atoms with Crippen LogP contribution in [-0.4, -0.2) is 47.0 Å². The van der Waals surface area contributed by atoms with Crippen LogP contribution < -0.4 is 5.32 Å². The fourth-order valence-corrected chi connectivity index (χ4v) is 5.05. The number of piperidine rings is 1. The number of carbonyl (C=O) groups is 1. The van der Waals surface area contributed by atoms with E-state index >= 15 is 0 Å². The number of hydrogen-bond donors (Lipinski definition) is 1. The number of thioether (sulfide) groups is 1. The molecule has 0 spiro atoms. The van der Waals surface area contributed by atoms with Crippen molar-refractivity contribution in [3.63, 3.8) is 0 Å². The number of nitrogens with one attached hydrogen (secondary N) is 1. The van der Waals surface area contributed by atoms with Gasteiger partial charge < -0.3 is 10.2 Å². The number of amides is 1. The number of carbonyl (C=O) groups excluding carboxylic acids is 1. The lowest BCUT2D eigenvalue weighted by Crippen LogP contribution is -2.51. The fraction of sp³-hybridized carbons (Fsp3) is 0.929. The molecule has 1 amide bonds. The van der Waals surface area contributed by atoms with Crippen LogP contribution in [0.3, 0.4) is 0 Å². The summed E-state index contributed by atoms with van der Waals surface area (Å²) in [5, 5.41) is 3.67. The summed E-state index contributed by atoms with van der Waals surface area (Å²) < 4.78 is 0. The van der Waals surface area contributed by atoms with Crippen LogP contribution in [0.4, 0.5) is 0 Å². The van der Waals surface area contributed by atoms with Gasteiger partial charge in [-0.25, -0.2) is 0 Å². The van der Waals surface area contributed by atoms with Gasteiger partial charge in [-0.2, -0.15) is 11.8 Å². The minimum atomic E-state index is 0.308. The first-order valence-corrected chi connectivity index (χ1v) is 8.57. The molecule has 102 valence electrons. The molecule has 3 rings (SSSR count). The lowest BCUT2D eigenvalue weighted by molar-refractivity contribution is -0.137. The molecule has 3 atom stereocenters. The second-order valence-electron chi connectivity index (χ2n) is 5.95. The molecular weight excluding hydrogens is 244 g/mol. The molecule has 0 radical (unpaired) electrons. The van der Waals surface area contributed by atoms with Crippen LogP contribution in [0.15, 0.2) is 0 Å². The Morgan fingerprint density at radius 2 is 2.00 bits per heavy atom. The monoisotopic (exact) mass is 268 g/mol. The minimum Gasteiger partial charge on any atom is -0.340 e. The highest BCUT2D eigenvalue weighted by Gasteiger charge is 2.38. The van der Waals surface area contributed by atoms with E-state index in [0.29, 0.717) is 30.0 Å². The Labute approximate surface area is 114 Å². The van der Waals surface area contributed by atoms with Crippen molar-refractivity contribution in [2.45, 2.75) is 57.2 Å². The zero-order chi connectivity index (χ0) is 12.5. The third-order valence-electron chi connectivity index (χ3n) is 4.79. The van der Waals surface area contributed by atoms with Crippen molar-refractivity contribution in [3.05, 3.63) is 0 Å². The quantitative estimate of drug-likeness (QED) is 0.848. The van der Waals surface area contributed by atoms with Gasteiger partial charge >= 0.3 is 0 Å². The Kier molecular flexibility index (Phi) is 3.85. The summed E-state index contributed by atoms with van der Waals surface area (Å²) in [6.07, 6.45) is 6.07. The van der Waals surface area contributed by atoms with Gasteiger partial charge in [-0.1, -0.05) is 0 Å². The number of rotatable bonds is 3. The molecule has 0 aromatic heterocycles. The van der Waals surface area contributed by atoms with Crippen molar-refractivity contribution < 1.29 is 4.79 Å². The van der Waals surface area contributed by atoms with E-state index in [2.05, 4.69) is 17.1 Å². The Hall–Kier alpha value is -0.220. The SMILES string of the molecule is CCN(C(=O)C1CCSC1)C1CC2CCC(C1)N2. The largest absolute Gasteiger partial charge is 0.340 e. The number of nitrogens with zero attached hydrogens (tertiary/aromatic N) is 1. The van der Waals surface area contributed by atoms with Gasteiger partial charge in [-0.15, -0.1) is 0 Å². The van der Waals surface area contributed by atoms with Gasteiger partial charge in [0.25, 0.3) is 0 Å². The summed E-state index contributed by atoms with van der Waals surface area (Å²) in [6.45, 7) is 3.04. The van der Waals surface area contributed by atoms with E-state index in [-0.39, 0.29) is 0 Å². The molecule has 0 aliphatic carbocycles. The molecule has 0 saturated carbocycles. The summed E-state index contributed by atoms with van der Waals surface area (Å²) in [7, 11) is 0. The zero-order valence-electron chi connectivity index (χ0n) is 11.2. The van der Waals surface area contributed by atoms with Crippen LogP contribution in [0.5, 0.6) is 0 Å². The molecule has 0 aromatic carbocycles. The molecule has 3 aliphatic heterocycles. The molecule has 3 fully saturated rings. The molecule has 2 bridgehead atoms. The lowest BCUT2D eigenvalue weighted by Gasteiger charge is -2.38. The van der Waals surface area contributed by atoms with Crippen molar-refractivity contribution in [1.29, 1.82) is 0 Å². The highest BCUT2D eigenvalue weighted by molar-refractivity contribution is 7.99. The Bertz CT molecular complexity index is 305. The highest BCUT2D eigenvalue weighted by atomic mass is 32.2. The number of fused-ring (bicyclic) bond motifs is 2. The third-order valence-corrected chi connectivity index (χ3v) is 5.95. The van der Waals surface area contributed by atoms with Gasteiger partial charge in [0.15, 0.2) is 0 Å². The summed E-state index contributed by atoms with van der Waals surface area (Å²) in [4.78, 5) is 14.8. The molecule has 1 N–H and O–H groups in total. The molecule has 3 saturated heterocycles. The van der Waals surface area contributed by atoms with E-state index in [1.165, 1.54) is 31.4 Å². The van der Waals surface area contributed by atoms with Crippen molar-refractivity contribution in [2.24, 2.45) is 5.92 Å². The van der Waals surface area contributed by atoms with Crippen LogP contribution in [0.2, 0.25) is 0 Å². The molecular formula is C14H24N2OS. The number of hydrogen-bond acceptors (Lipinski definition) is 3. The Morgan fingerprint density at radius 3 is 2.56 bits per heavy atom. The maximum absolute atomic E-state index is 12.6. The van der Waals surface area contributed by atoms with Gasteiger partial charge in [0, 0.05) is 36.3 Å². The first kappa shape index (κ1) is 12.8. The van der Waals surface area contributed by atoms with Crippen molar-refractivity contribution in [2.75, 3.05) is 18.1 Å². The minimum absolute atomic E-state index is 0.308. The van der Waals surface area contributed by atoms with Crippen LogP contribution >= 0.6 is 11.8 Å². The predicted molar refractivity (Wildman–Crippen MR) is 75.8 cm³/mol. The van der Waals surface area contributed by atoms with Crippen molar-refractivity contribution >= 4 is 17.7 Å². The first-order valence-electron chi connectivity index (χ1n) is 7.42. The van der Waals surface area contributed by atoms with Crippen LogP contribution in [0.1, 0.15) is 39.0 Å². The molecule has 4 heteroatoms. The zero-order valence-corrected chi connectivity index (χ0v) is 12.0. The Morgan fingerprint density at radius 1 is 1.28 bits per heavy atom. The summed E-state index contributed by atoms with van der Waals surface area (Å²) in [5.74, 6) is 2.97. The van der Waals surface area contributed by atoms with Crippen molar-refractivity contribution in [1.82, 2.24) is 10.2 Å². The summed E-state index contributed by atoms with van der Waals surface area (Å²) >= 11 is 1.94. The molecule has 18 heavy (non-hydrogen) atoms. The second-order valence-corrected chi connectivity index (χ2v) is 7.10. The van der Waals surface area contributed by atoms with E-state index in [1.54, 1.807) is 0 Å². The van der Waals surface area contributed by atoms with E-state index < -0.39 is 0 Å². The lowest BCUT2D eigenvalue weighted by atomic mass is 9.96. The average molecular weight is 268 g/mol. The molecule has 3 aliphatic rings. The standard InChI is InChI=1S/C14H24N2OS/c1-2-16(14(17)10-5-6-18-9-10)13-7-11-3-4-12(8-13)15-11/h10-13,15H,2-9H2,1H3. The molecule has 3 nitrogen and oxygen atoms in total. The summed E-state index contributed by atoms with van der Waals surface area (Å²) in [5.41, 5.74) is 0. The maximum Gasteiger partial charge on any atom is 0.226 e. The van der Waals surface area contributed by atoms with Gasteiger partial charge in [-0.05, 0) is 44.8 Å². The third kappa shape index (κ3) is 2.42. The topological polar surface area (TPSA) is 32.3 Å². The van der Waals surface area contributed by atoms with E-state index in [1.807, 2.05) is 11.8 Å². The average Bonchev–Trinajstić information content (AvgIpc) is 3.00. The van der Waals surface area contributed by atoms with Crippen LogP contribution in [0.25, 0.3) is 0 Å². The van der Waals surface area contributed by atoms with Gasteiger partial charge in [0.2, 0.25) is 5.91 Å². The van der Waals surface area contributed by atoms with Gasteiger partial charge in [0.05, 0.1) is 0 Å². The van der Waals surface area contributed by atoms with Crippen molar-refractivity contribution in [3.8, 4) is 0 Å². The van der Waals surface area contributed by atoms with Gasteiger partial charge in [0.1, 0.15) is 0 Å². The highest BCUT2D eigenvalue weighted by Crippen LogP contribution is 2.32. The Balaban J connectivity index is 1.66. The molecule has 3 unspecified atom stereocenters. The van der Waals surface area contributed by atoms with E-state index in [4.69, 9.17) is 0 Å². The van der Waals surface area contributed by atoms with Gasteiger partial charge in [-0.3, -0.25) is 4.79 Å². The second kappa shape index (κ2) is 5.41. The first-order chi connectivity index (χ1) is 8.78. The normalized spacial score (nSPS) is 38.9. The predicted octanol–water partition coefficient (Wildman–Crippen LogP) is 1.87. The van der Waals surface area contributed by atoms with E-state index in [9.17, 15) is 4.79 Å². The summed E-state index contributed by atoms with van der Waals surface area (Å²) in [6, 6.07) is 1.86. The van der Waals surface area contributed by atoms with Crippen LogP contribution in [0, 0.1) is 5.92 Å². The van der Waals surface area contributed by atoms with Crippen LogP contribution in [-0.2, 0) is 4.79 Å². The van der Waals surface area contributed by atoms with E-state index in [0.717, 1.165) is 18.7 Å².